The molecule has 0 amide bonds. The Morgan fingerprint density at radius 1 is 1.13 bits per heavy atom. The molecule has 2 aromatic carbocycles. The molecule has 4 nitrogen and oxygen atoms in total. The van der Waals surface area contributed by atoms with Crippen LogP contribution in [0, 0.1) is 13.8 Å². The molecule has 0 fully saturated rings. The third kappa shape index (κ3) is 7.29. The number of alkyl halides is 3. The Morgan fingerprint density at radius 2 is 1.71 bits per heavy atom. The van der Waals surface area contributed by atoms with Gasteiger partial charge in [0.15, 0.2) is 0 Å². The maximum absolute atomic E-state index is 12.4. The molecule has 0 aliphatic carbocycles. The number of aryl methyl sites for hydroxylation is 1. The van der Waals surface area contributed by atoms with Crippen molar-refractivity contribution in [1.82, 2.24) is 0 Å². The van der Waals surface area contributed by atoms with Crippen LogP contribution in [0.15, 0.2) is 42.2 Å². The third-order valence-corrected chi connectivity index (χ3v) is 4.62. The zero-order valence-corrected chi connectivity index (χ0v) is 18.8. The zero-order valence-electron chi connectivity index (χ0n) is 18.8. The predicted molar refractivity (Wildman–Crippen MR) is 116 cm³/mol. The van der Waals surface area contributed by atoms with Crippen LogP contribution in [0.1, 0.15) is 56.9 Å². The van der Waals surface area contributed by atoms with Crippen molar-refractivity contribution in [2.75, 3.05) is 6.61 Å². The van der Waals surface area contributed by atoms with Gasteiger partial charge in [-0.1, -0.05) is 39.0 Å². The van der Waals surface area contributed by atoms with Crippen molar-refractivity contribution in [3.05, 3.63) is 58.9 Å². The van der Waals surface area contributed by atoms with Gasteiger partial charge < -0.3 is 19.7 Å². The maximum atomic E-state index is 12.4. The molecule has 0 bridgehead atoms. The number of halogens is 3. The van der Waals surface area contributed by atoms with Gasteiger partial charge in [0.05, 0.1) is 12.9 Å². The molecule has 0 saturated carbocycles. The van der Waals surface area contributed by atoms with Crippen LogP contribution in [0.2, 0.25) is 0 Å². The SMILES string of the molecule is CC.CC/C(C)=C/Oc1c(C)c(-c2ccc(OC(F)(F)F)cc2)cc(C)c1C(O)CO. The molecule has 1 atom stereocenters. The van der Waals surface area contributed by atoms with E-state index >= 15 is 0 Å². The first-order valence-electron chi connectivity index (χ1n) is 10.2. The van der Waals surface area contributed by atoms with E-state index in [9.17, 15) is 23.4 Å². The maximum Gasteiger partial charge on any atom is 0.573 e. The van der Waals surface area contributed by atoms with Crippen LogP contribution in [-0.2, 0) is 0 Å². The van der Waals surface area contributed by atoms with Crippen LogP contribution in [0.4, 0.5) is 13.2 Å². The lowest BCUT2D eigenvalue weighted by molar-refractivity contribution is -0.274. The normalized spacial score (nSPS) is 12.7. The van der Waals surface area contributed by atoms with Crippen molar-refractivity contribution in [2.45, 2.75) is 60.4 Å². The second-order valence-electron chi connectivity index (χ2n) is 6.81. The summed E-state index contributed by atoms with van der Waals surface area (Å²) in [5, 5.41) is 19.7. The van der Waals surface area contributed by atoms with Gasteiger partial charge in [0.1, 0.15) is 17.6 Å². The van der Waals surface area contributed by atoms with Gasteiger partial charge in [-0.2, -0.15) is 0 Å². The van der Waals surface area contributed by atoms with E-state index in [1.165, 1.54) is 24.3 Å². The van der Waals surface area contributed by atoms with E-state index in [2.05, 4.69) is 4.74 Å². The molecule has 2 N–H and O–H groups in total. The van der Waals surface area contributed by atoms with Gasteiger partial charge >= 0.3 is 6.36 Å². The van der Waals surface area contributed by atoms with Gasteiger partial charge in [0.2, 0.25) is 0 Å². The molecule has 0 heterocycles. The summed E-state index contributed by atoms with van der Waals surface area (Å²) in [5.74, 6) is 0.117. The molecular weight excluding hydrogens is 409 g/mol. The first kappa shape index (κ1) is 26.5. The van der Waals surface area contributed by atoms with E-state index in [4.69, 9.17) is 4.74 Å². The van der Waals surface area contributed by atoms with Crippen LogP contribution >= 0.6 is 0 Å². The van der Waals surface area contributed by atoms with Crippen molar-refractivity contribution in [1.29, 1.82) is 0 Å². The summed E-state index contributed by atoms with van der Waals surface area (Å²) in [5.41, 5.74) is 4.28. The average molecular weight is 441 g/mol. The van der Waals surface area contributed by atoms with E-state index < -0.39 is 19.1 Å². The van der Waals surface area contributed by atoms with Crippen molar-refractivity contribution in [3.63, 3.8) is 0 Å². The van der Waals surface area contributed by atoms with E-state index in [0.29, 0.717) is 28.0 Å². The minimum Gasteiger partial charge on any atom is -0.464 e. The van der Waals surface area contributed by atoms with Crippen LogP contribution < -0.4 is 9.47 Å². The minimum absolute atomic E-state index is 0.305. The lowest BCUT2D eigenvalue weighted by Gasteiger charge is -2.21. The third-order valence-electron chi connectivity index (χ3n) is 4.62. The number of aliphatic hydroxyl groups excluding tert-OH is 2. The van der Waals surface area contributed by atoms with Crippen molar-refractivity contribution in [2.24, 2.45) is 0 Å². The van der Waals surface area contributed by atoms with Crippen LogP contribution in [0.5, 0.6) is 11.5 Å². The zero-order chi connectivity index (χ0) is 23.8. The predicted octanol–water partition coefficient (Wildman–Crippen LogP) is 6.61. The summed E-state index contributed by atoms with van der Waals surface area (Å²) in [4.78, 5) is 0. The number of benzene rings is 2. The van der Waals surface area contributed by atoms with Crippen molar-refractivity contribution in [3.8, 4) is 22.6 Å². The lowest BCUT2D eigenvalue weighted by atomic mass is 9.91. The van der Waals surface area contributed by atoms with E-state index in [1.54, 1.807) is 20.1 Å². The Morgan fingerprint density at radius 3 is 2.19 bits per heavy atom. The van der Waals surface area contributed by atoms with Gasteiger partial charge in [-0.25, -0.2) is 0 Å². The number of rotatable bonds is 7. The second kappa shape index (κ2) is 11.8. The smallest absolute Gasteiger partial charge is 0.464 e. The van der Waals surface area contributed by atoms with Gasteiger partial charge in [-0.15, -0.1) is 13.2 Å². The molecule has 1 unspecified atom stereocenters. The fourth-order valence-electron chi connectivity index (χ4n) is 2.94. The summed E-state index contributed by atoms with van der Waals surface area (Å²) in [6.45, 7) is 11.0. The standard InChI is InChI=1S/C22H25F3O4.C2H6/c1-5-13(2)12-28-21-15(4)18(10-14(3)20(21)19(27)11-26)16-6-8-17(9-7-16)29-22(23,24)25;1-2/h6-10,12,19,26-27H,5,11H2,1-4H3;1-2H3/b13-12+;. The summed E-state index contributed by atoms with van der Waals surface area (Å²) < 4.78 is 46.9. The topological polar surface area (TPSA) is 58.9 Å². The Balaban J connectivity index is 0.00000233. The highest BCUT2D eigenvalue weighted by Gasteiger charge is 2.31. The molecule has 0 radical (unpaired) electrons. The van der Waals surface area contributed by atoms with Gasteiger partial charge in [0, 0.05) is 5.56 Å². The molecule has 0 aliphatic heterocycles. The van der Waals surface area contributed by atoms with Gasteiger partial charge in [-0.05, 0) is 67.2 Å². The van der Waals surface area contributed by atoms with Gasteiger partial charge in [-0.3, -0.25) is 0 Å². The number of hydrogen-bond acceptors (Lipinski definition) is 4. The van der Waals surface area contributed by atoms with Gasteiger partial charge in [0.25, 0.3) is 0 Å². The molecule has 2 aromatic rings. The van der Waals surface area contributed by atoms with Crippen LogP contribution in [0.3, 0.4) is 0 Å². The molecule has 0 spiro atoms. The number of allylic oxidation sites excluding steroid dienone is 1. The van der Waals surface area contributed by atoms with Crippen LogP contribution in [-0.4, -0.2) is 23.2 Å². The van der Waals surface area contributed by atoms with Crippen LogP contribution in [0.25, 0.3) is 11.1 Å². The highest BCUT2D eigenvalue weighted by atomic mass is 19.4. The van der Waals surface area contributed by atoms with E-state index in [-0.39, 0.29) is 5.75 Å². The highest BCUT2D eigenvalue weighted by molar-refractivity contribution is 5.73. The number of hydrogen-bond donors (Lipinski definition) is 2. The highest BCUT2D eigenvalue weighted by Crippen LogP contribution is 2.39. The molecule has 2 rings (SSSR count). The largest absolute Gasteiger partial charge is 0.573 e. The quantitative estimate of drug-likeness (QED) is 0.476. The summed E-state index contributed by atoms with van der Waals surface area (Å²) in [6.07, 6.45) is -3.48. The Kier molecular flexibility index (Phi) is 10.1. The van der Waals surface area contributed by atoms with Crippen molar-refractivity contribution >= 4 is 0 Å². The minimum atomic E-state index is -4.75. The molecule has 0 aromatic heterocycles. The molecule has 0 saturated heterocycles. The Bertz CT molecular complexity index is 872. The Labute approximate surface area is 181 Å². The molecule has 0 aliphatic rings. The second-order valence-corrected chi connectivity index (χ2v) is 6.81. The first-order chi connectivity index (χ1) is 14.6. The van der Waals surface area contributed by atoms with E-state index in [1.807, 2.05) is 33.8 Å². The Hall–Kier alpha value is -2.51. The lowest BCUT2D eigenvalue weighted by Crippen LogP contribution is -2.16. The monoisotopic (exact) mass is 440 g/mol. The molecule has 7 heteroatoms. The molecule has 172 valence electrons. The fraction of sp³-hybridized carbons (Fsp3) is 0.417. The first-order valence-corrected chi connectivity index (χ1v) is 10.2. The fourth-order valence-corrected chi connectivity index (χ4v) is 2.94. The summed E-state index contributed by atoms with van der Waals surface area (Å²) in [6, 6.07) is 7.36. The average Bonchev–Trinajstić information content (AvgIpc) is 2.74. The summed E-state index contributed by atoms with van der Waals surface area (Å²) in [7, 11) is 0. The van der Waals surface area contributed by atoms with E-state index in [0.717, 1.165) is 17.6 Å². The van der Waals surface area contributed by atoms with Crippen molar-refractivity contribution < 1.29 is 32.9 Å². The summed E-state index contributed by atoms with van der Waals surface area (Å²) >= 11 is 0. The number of ether oxygens (including phenoxy) is 2. The number of aliphatic hydroxyl groups is 2. The molecular formula is C24H31F3O4. The molecule has 31 heavy (non-hydrogen) atoms.